The van der Waals surface area contributed by atoms with Crippen molar-refractivity contribution in [3.05, 3.63) is 60.2 Å². The monoisotopic (exact) mass is 342 g/mol. The fourth-order valence-corrected chi connectivity index (χ4v) is 2.55. The number of rotatable bonds is 8. The van der Waals surface area contributed by atoms with Gasteiger partial charge in [0, 0.05) is 25.2 Å². The number of carboxylic acid groups (broad SMARTS) is 1. The Balaban J connectivity index is 1.90. The van der Waals surface area contributed by atoms with Crippen molar-refractivity contribution in [3.8, 4) is 5.75 Å². The second-order valence-electron chi connectivity index (χ2n) is 6.02. The predicted molar refractivity (Wildman–Crippen MR) is 95.3 cm³/mol. The van der Waals surface area contributed by atoms with E-state index in [9.17, 15) is 19.8 Å². The van der Waals surface area contributed by atoms with Crippen LogP contribution in [-0.4, -0.2) is 40.6 Å². The van der Waals surface area contributed by atoms with Crippen molar-refractivity contribution in [3.63, 3.8) is 0 Å². The Kier molecular flexibility index (Phi) is 6.54. The van der Waals surface area contributed by atoms with Crippen molar-refractivity contribution in [2.75, 3.05) is 18.9 Å². The summed E-state index contributed by atoms with van der Waals surface area (Å²) < 4.78 is 0. The molecule has 6 nitrogen and oxygen atoms in total. The highest BCUT2D eigenvalue weighted by molar-refractivity contribution is 5.93. The van der Waals surface area contributed by atoms with Gasteiger partial charge in [-0.25, -0.2) is 0 Å². The normalized spacial score (nSPS) is 11.9. The van der Waals surface area contributed by atoms with Crippen LogP contribution >= 0.6 is 0 Å². The van der Waals surface area contributed by atoms with Crippen LogP contribution in [0.2, 0.25) is 0 Å². The number of hydrogen-bond acceptors (Lipinski definition) is 4. The maximum Gasteiger partial charge on any atom is 0.308 e. The molecular weight excluding hydrogens is 320 g/mol. The molecule has 0 bridgehead atoms. The average Bonchev–Trinajstić information content (AvgIpc) is 2.57. The van der Waals surface area contributed by atoms with Gasteiger partial charge in [0.05, 0.1) is 5.92 Å². The van der Waals surface area contributed by atoms with E-state index in [0.29, 0.717) is 12.2 Å². The molecule has 6 heteroatoms. The molecule has 3 N–H and O–H groups in total. The molecule has 0 spiro atoms. The molecule has 0 aliphatic rings. The van der Waals surface area contributed by atoms with Gasteiger partial charge < -0.3 is 20.4 Å². The van der Waals surface area contributed by atoms with E-state index in [1.54, 1.807) is 12.1 Å². The van der Waals surface area contributed by atoms with Gasteiger partial charge in [-0.05, 0) is 36.9 Å². The number of carbonyl (C=O) groups is 2. The lowest BCUT2D eigenvalue weighted by atomic mass is 10.0. The van der Waals surface area contributed by atoms with E-state index < -0.39 is 11.9 Å². The number of anilines is 1. The highest BCUT2D eigenvalue weighted by atomic mass is 16.4. The van der Waals surface area contributed by atoms with Crippen LogP contribution in [0.1, 0.15) is 12.0 Å². The van der Waals surface area contributed by atoms with Crippen LogP contribution in [0.5, 0.6) is 5.75 Å². The number of carbonyl (C=O) groups excluding carboxylic acids is 1. The first-order chi connectivity index (χ1) is 11.9. The van der Waals surface area contributed by atoms with Crippen molar-refractivity contribution in [1.29, 1.82) is 0 Å². The zero-order chi connectivity index (χ0) is 18.2. The van der Waals surface area contributed by atoms with Crippen LogP contribution in [0.15, 0.2) is 54.6 Å². The average molecular weight is 342 g/mol. The largest absolute Gasteiger partial charge is 0.508 e. The second kappa shape index (κ2) is 8.84. The van der Waals surface area contributed by atoms with E-state index in [1.807, 2.05) is 42.3 Å². The lowest BCUT2D eigenvalue weighted by Crippen LogP contribution is -2.33. The van der Waals surface area contributed by atoms with E-state index in [2.05, 4.69) is 5.32 Å². The second-order valence-corrected chi connectivity index (χ2v) is 6.02. The van der Waals surface area contributed by atoms with E-state index in [0.717, 1.165) is 5.56 Å². The van der Waals surface area contributed by atoms with Crippen LogP contribution in [0.4, 0.5) is 5.69 Å². The zero-order valence-corrected chi connectivity index (χ0v) is 14.1. The van der Waals surface area contributed by atoms with Gasteiger partial charge in [0.1, 0.15) is 5.75 Å². The molecule has 0 aliphatic heterocycles. The van der Waals surface area contributed by atoms with Gasteiger partial charge in [0.25, 0.3) is 0 Å². The lowest BCUT2D eigenvalue weighted by Gasteiger charge is -2.21. The van der Waals surface area contributed by atoms with E-state index >= 15 is 0 Å². The minimum absolute atomic E-state index is 0.101. The van der Waals surface area contributed by atoms with E-state index in [1.165, 1.54) is 12.1 Å². The molecule has 1 atom stereocenters. The Labute approximate surface area is 146 Å². The molecule has 0 aromatic heterocycles. The molecule has 0 saturated heterocycles. The van der Waals surface area contributed by atoms with E-state index in [-0.39, 0.29) is 24.6 Å². The zero-order valence-electron chi connectivity index (χ0n) is 14.1. The van der Waals surface area contributed by atoms with Gasteiger partial charge >= 0.3 is 5.97 Å². The number of hydrogen-bond donors (Lipinski definition) is 3. The maximum atomic E-state index is 12.1. The number of aliphatic carboxylic acids is 1. The summed E-state index contributed by atoms with van der Waals surface area (Å²) in [6.45, 7) is 0.886. The summed E-state index contributed by atoms with van der Waals surface area (Å²) in [4.78, 5) is 25.5. The summed E-state index contributed by atoms with van der Waals surface area (Å²) in [5, 5.41) is 21.3. The van der Waals surface area contributed by atoms with Gasteiger partial charge in [-0.3, -0.25) is 9.59 Å². The Bertz CT molecular complexity index is 701. The first kappa shape index (κ1) is 18.5. The molecular formula is C19H22N2O4. The molecule has 0 fully saturated rings. The molecule has 0 aliphatic carbocycles. The highest BCUT2D eigenvalue weighted by Crippen LogP contribution is 2.15. The van der Waals surface area contributed by atoms with Crippen molar-refractivity contribution < 1.29 is 19.8 Å². The fourth-order valence-electron chi connectivity index (χ4n) is 2.55. The van der Waals surface area contributed by atoms with Crippen LogP contribution < -0.4 is 5.32 Å². The van der Waals surface area contributed by atoms with Crippen LogP contribution in [0.25, 0.3) is 0 Å². The number of nitrogens with one attached hydrogen (secondary N) is 1. The van der Waals surface area contributed by atoms with Gasteiger partial charge in [0.15, 0.2) is 0 Å². The third-order valence-corrected chi connectivity index (χ3v) is 3.76. The Morgan fingerprint density at radius 3 is 2.32 bits per heavy atom. The SMILES string of the molecule is CN(Cc1ccccc1)C[C@H](CC(=O)Nc1ccc(O)cc1)C(=O)O. The summed E-state index contributed by atoms with van der Waals surface area (Å²) in [7, 11) is 1.83. The number of amides is 1. The van der Waals surface area contributed by atoms with Crippen LogP contribution in [0.3, 0.4) is 0 Å². The number of phenols is 1. The minimum Gasteiger partial charge on any atom is -0.508 e. The number of carboxylic acids is 1. The Morgan fingerprint density at radius 2 is 1.72 bits per heavy atom. The number of phenolic OH excluding ortho intramolecular Hbond substituents is 1. The summed E-state index contributed by atoms with van der Waals surface area (Å²) in [6.07, 6.45) is -0.116. The van der Waals surface area contributed by atoms with Crippen molar-refractivity contribution >= 4 is 17.6 Å². The van der Waals surface area contributed by atoms with Crippen LogP contribution in [0, 0.1) is 5.92 Å². The molecule has 0 unspecified atom stereocenters. The van der Waals surface area contributed by atoms with Crippen LogP contribution in [-0.2, 0) is 16.1 Å². The first-order valence-corrected chi connectivity index (χ1v) is 7.98. The molecule has 2 aromatic rings. The summed E-state index contributed by atoms with van der Waals surface area (Å²) in [6, 6.07) is 15.8. The van der Waals surface area contributed by atoms with Crippen molar-refractivity contribution in [2.45, 2.75) is 13.0 Å². The predicted octanol–water partition coefficient (Wildman–Crippen LogP) is 2.55. The molecule has 0 radical (unpaired) electrons. The Morgan fingerprint density at radius 1 is 1.08 bits per heavy atom. The highest BCUT2D eigenvalue weighted by Gasteiger charge is 2.23. The number of benzene rings is 2. The molecule has 25 heavy (non-hydrogen) atoms. The first-order valence-electron chi connectivity index (χ1n) is 7.98. The summed E-state index contributed by atoms with van der Waals surface area (Å²) in [5.74, 6) is -2.07. The molecule has 0 heterocycles. The van der Waals surface area contributed by atoms with Gasteiger partial charge in [-0.1, -0.05) is 30.3 Å². The van der Waals surface area contributed by atoms with E-state index in [4.69, 9.17) is 0 Å². The lowest BCUT2D eigenvalue weighted by molar-refractivity contribution is -0.144. The molecule has 2 aromatic carbocycles. The number of nitrogens with zero attached hydrogens (tertiary/aromatic N) is 1. The molecule has 132 valence electrons. The quantitative estimate of drug-likeness (QED) is 0.642. The number of aromatic hydroxyl groups is 1. The fraction of sp³-hybridized carbons (Fsp3) is 0.263. The maximum absolute atomic E-state index is 12.1. The summed E-state index contributed by atoms with van der Waals surface area (Å²) >= 11 is 0. The molecule has 1 amide bonds. The van der Waals surface area contributed by atoms with Crippen molar-refractivity contribution in [2.24, 2.45) is 5.92 Å². The topological polar surface area (TPSA) is 89.9 Å². The Hall–Kier alpha value is -2.86. The van der Waals surface area contributed by atoms with Gasteiger partial charge in [-0.2, -0.15) is 0 Å². The van der Waals surface area contributed by atoms with Crippen molar-refractivity contribution in [1.82, 2.24) is 4.90 Å². The van der Waals surface area contributed by atoms with Gasteiger partial charge in [-0.15, -0.1) is 0 Å². The summed E-state index contributed by atoms with van der Waals surface area (Å²) in [5.41, 5.74) is 1.60. The van der Waals surface area contributed by atoms with Gasteiger partial charge in [0.2, 0.25) is 5.91 Å². The molecule has 0 saturated carbocycles. The standard InChI is InChI=1S/C19H22N2O4/c1-21(12-14-5-3-2-4-6-14)13-15(19(24)25)11-18(23)20-16-7-9-17(22)10-8-16/h2-10,15,22H,11-13H2,1H3,(H,20,23)(H,24,25)/t15-/m0/s1. The third-order valence-electron chi connectivity index (χ3n) is 3.76. The molecule has 2 rings (SSSR count). The minimum atomic E-state index is -0.999. The smallest absolute Gasteiger partial charge is 0.308 e. The third kappa shape index (κ3) is 6.27.